The molecule has 5 nitrogen and oxygen atoms in total. The molecule has 0 radical (unpaired) electrons. The molecule has 1 atom stereocenters. The van der Waals surface area contributed by atoms with Crippen LogP contribution in [0.1, 0.15) is 18.0 Å². The van der Waals surface area contributed by atoms with Gasteiger partial charge in [-0.05, 0) is 31.8 Å². The lowest BCUT2D eigenvalue weighted by Gasteiger charge is -2.25. The molecule has 1 aromatic carbocycles. The monoisotopic (exact) mass is 263 g/mol. The zero-order valence-corrected chi connectivity index (χ0v) is 11.7. The van der Waals surface area contributed by atoms with Crippen LogP contribution in [0, 0.1) is 0 Å². The van der Waals surface area contributed by atoms with Crippen LogP contribution in [0.5, 0.6) is 5.75 Å². The molecule has 0 spiro atoms. The van der Waals surface area contributed by atoms with Crippen LogP contribution in [-0.2, 0) is 4.79 Å². The maximum absolute atomic E-state index is 11.9. The lowest BCUT2D eigenvalue weighted by molar-refractivity contribution is -0.118. The van der Waals surface area contributed by atoms with Gasteiger partial charge in [-0.1, -0.05) is 6.07 Å². The third-order valence-corrected chi connectivity index (χ3v) is 3.52. The predicted octanol–water partition coefficient (Wildman–Crippen LogP) is 0.993. The first kappa shape index (κ1) is 13.8. The molecule has 1 aromatic rings. The van der Waals surface area contributed by atoms with Gasteiger partial charge in [0.2, 0.25) is 5.91 Å². The van der Waals surface area contributed by atoms with Crippen molar-refractivity contribution in [3.8, 4) is 5.75 Å². The summed E-state index contributed by atoms with van der Waals surface area (Å²) in [4.78, 5) is 15.6. The van der Waals surface area contributed by atoms with Gasteiger partial charge in [-0.15, -0.1) is 0 Å². The molecule has 0 bridgehead atoms. The standard InChI is InChI=1S/C14H21N3O2/c1-16(2)12(9-15)10-4-5-13-11(8-10)17(3)14(18)6-7-19-13/h4-5,8,12H,6-7,9,15H2,1-3H3. The highest BCUT2D eigenvalue weighted by atomic mass is 16.5. The first-order valence-electron chi connectivity index (χ1n) is 6.44. The molecule has 1 aliphatic rings. The number of rotatable bonds is 3. The molecule has 1 aliphatic heterocycles. The van der Waals surface area contributed by atoms with E-state index in [-0.39, 0.29) is 11.9 Å². The average molecular weight is 263 g/mol. The van der Waals surface area contributed by atoms with Crippen molar-refractivity contribution in [2.24, 2.45) is 5.73 Å². The summed E-state index contributed by atoms with van der Waals surface area (Å²) in [5, 5.41) is 0. The van der Waals surface area contributed by atoms with Crippen LogP contribution in [0.3, 0.4) is 0 Å². The fraction of sp³-hybridized carbons (Fsp3) is 0.500. The van der Waals surface area contributed by atoms with E-state index in [9.17, 15) is 4.79 Å². The highest BCUT2D eigenvalue weighted by Crippen LogP contribution is 2.33. The van der Waals surface area contributed by atoms with E-state index >= 15 is 0 Å². The van der Waals surface area contributed by atoms with Gasteiger partial charge in [-0.25, -0.2) is 0 Å². The molecule has 2 N–H and O–H groups in total. The van der Waals surface area contributed by atoms with Crippen molar-refractivity contribution < 1.29 is 9.53 Å². The molecule has 0 saturated heterocycles. The summed E-state index contributed by atoms with van der Waals surface area (Å²) < 4.78 is 5.61. The molecule has 0 aromatic heterocycles. The molecule has 104 valence electrons. The molecule has 19 heavy (non-hydrogen) atoms. The van der Waals surface area contributed by atoms with Crippen molar-refractivity contribution in [3.63, 3.8) is 0 Å². The third kappa shape index (κ3) is 2.72. The number of nitrogens with two attached hydrogens (primary N) is 1. The second-order valence-corrected chi connectivity index (χ2v) is 4.99. The number of anilines is 1. The predicted molar refractivity (Wildman–Crippen MR) is 75.4 cm³/mol. The molecular weight excluding hydrogens is 242 g/mol. The van der Waals surface area contributed by atoms with E-state index in [0.717, 1.165) is 17.0 Å². The van der Waals surface area contributed by atoms with Crippen molar-refractivity contribution >= 4 is 11.6 Å². The van der Waals surface area contributed by atoms with Gasteiger partial charge in [0.1, 0.15) is 5.75 Å². The van der Waals surface area contributed by atoms with Gasteiger partial charge < -0.3 is 20.3 Å². The Kier molecular flexibility index (Phi) is 4.07. The zero-order valence-electron chi connectivity index (χ0n) is 11.7. The molecule has 1 amide bonds. The van der Waals surface area contributed by atoms with Crippen LogP contribution < -0.4 is 15.4 Å². The molecule has 2 rings (SSSR count). The summed E-state index contributed by atoms with van der Waals surface area (Å²) >= 11 is 0. The van der Waals surface area contributed by atoms with Crippen molar-refractivity contribution in [3.05, 3.63) is 23.8 Å². The lowest BCUT2D eigenvalue weighted by atomic mass is 10.0. The Hall–Kier alpha value is -1.59. The molecular formula is C14H21N3O2. The van der Waals surface area contributed by atoms with Crippen molar-refractivity contribution in [2.45, 2.75) is 12.5 Å². The summed E-state index contributed by atoms with van der Waals surface area (Å²) in [5.41, 5.74) is 7.73. The van der Waals surface area contributed by atoms with Crippen LogP contribution in [0.4, 0.5) is 5.69 Å². The molecule has 5 heteroatoms. The molecule has 1 heterocycles. The van der Waals surface area contributed by atoms with E-state index in [1.165, 1.54) is 0 Å². The van der Waals surface area contributed by atoms with Gasteiger partial charge in [-0.3, -0.25) is 4.79 Å². The topological polar surface area (TPSA) is 58.8 Å². The minimum Gasteiger partial charge on any atom is -0.491 e. The Morgan fingerprint density at radius 3 is 2.84 bits per heavy atom. The van der Waals surface area contributed by atoms with Gasteiger partial charge >= 0.3 is 0 Å². The maximum Gasteiger partial charge on any atom is 0.230 e. The Labute approximate surface area is 113 Å². The largest absolute Gasteiger partial charge is 0.491 e. The summed E-state index contributed by atoms with van der Waals surface area (Å²) in [6.07, 6.45) is 0.411. The average Bonchev–Trinajstić information content (AvgIpc) is 2.51. The van der Waals surface area contributed by atoms with E-state index < -0.39 is 0 Å². The van der Waals surface area contributed by atoms with Crippen molar-refractivity contribution in [1.29, 1.82) is 0 Å². The van der Waals surface area contributed by atoms with Gasteiger partial charge in [0, 0.05) is 19.6 Å². The van der Waals surface area contributed by atoms with Crippen molar-refractivity contribution in [2.75, 3.05) is 39.2 Å². The fourth-order valence-electron chi connectivity index (χ4n) is 2.32. The summed E-state index contributed by atoms with van der Waals surface area (Å²) in [6, 6.07) is 6.07. The quantitative estimate of drug-likeness (QED) is 0.883. The second-order valence-electron chi connectivity index (χ2n) is 4.99. The highest BCUT2D eigenvalue weighted by Gasteiger charge is 2.22. The highest BCUT2D eigenvalue weighted by molar-refractivity contribution is 5.95. The lowest BCUT2D eigenvalue weighted by Crippen LogP contribution is -2.28. The number of hydrogen-bond acceptors (Lipinski definition) is 4. The smallest absolute Gasteiger partial charge is 0.230 e. The zero-order chi connectivity index (χ0) is 14.0. The second kappa shape index (κ2) is 5.59. The number of fused-ring (bicyclic) bond motifs is 1. The van der Waals surface area contributed by atoms with Gasteiger partial charge in [-0.2, -0.15) is 0 Å². The Morgan fingerprint density at radius 2 is 2.21 bits per heavy atom. The van der Waals surface area contributed by atoms with E-state index in [1.54, 1.807) is 11.9 Å². The number of benzene rings is 1. The maximum atomic E-state index is 11.9. The van der Waals surface area contributed by atoms with Crippen LogP contribution in [-0.4, -0.2) is 45.1 Å². The number of carbonyl (C=O) groups is 1. The van der Waals surface area contributed by atoms with E-state index in [4.69, 9.17) is 10.5 Å². The summed E-state index contributed by atoms with van der Waals surface area (Å²) in [5.74, 6) is 0.830. The number of hydrogen-bond donors (Lipinski definition) is 1. The Bertz CT molecular complexity index is 474. The number of carbonyl (C=O) groups excluding carboxylic acids is 1. The SMILES string of the molecule is CN1C(=O)CCOc2ccc(C(CN)N(C)C)cc21. The van der Waals surface area contributed by atoms with Crippen LogP contribution in [0.25, 0.3) is 0 Å². The minimum atomic E-state index is 0.0741. The molecule has 1 unspecified atom stereocenters. The van der Waals surface area contributed by atoms with Gasteiger partial charge in [0.15, 0.2) is 0 Å². The van der Waals surface area contributed by atoms with E-state index in [1.807, 2.05) is 32.3 Å². The molecule has 0 fully saturated rings. The minimum absolute atomic E-state index is 0.0741. The number of likely N-dealkylation sites (N-methyl/N-ethyl adjacent to an activating group) is 1. The van der Waals surface area contributed by atoms with Crippen LogP contribution in [0.15, 0.2) is 18.2 Å². The third-order valence-electron chi connectivity index (χ3n) is 3.52. The first-order chi connectivity index (χ1) is 9.04. The Balaban J connectivity index is 2.41. The van der Waals surface area contributed by atoms with E-state index in [0.29, 0.717) is 19.6 Å². The summed E-state index contributed by atoms with van der Waals surface area (Å²) in [7, 11) is 5.77. The van der Waals surface area contributed by atoms with Crippen molar-refractivity contribution in [1.82, 2.24) is 4.90 Å². The molecule has 0 saturated carbocycles. The van der Waals surface area contributed by atoms with Gasteiger partial charge in [0.05, 0.1) is 18.7 Å². The fourth-order valence-corrected chi connectivity index (χ4v) is 2.32. The van der Waals surface area contributed by atoms with Gasteiger partial charge in [0.25, 0.3) is 0 Å². The van der Waals surface area contributed by atoms with Crippen LogP contribution >= 0.6 is 0 Å². The molecule has 0 aliphatic carbocycles. The Morgan fingerprint density at radius 1 is 1.47 bits per heavy atom. The first-order valence-corrected chi connectivity index (χ1v) is 6.44. The van der Waals surface area contributed by atoms with E-state index in [2.05, 4.69) is 4.90 Å². The number of ether oxygens (including phenoxy) is 1. The normalized spacial score (nSPS) is 16.9. The summed E-state index contributed by atoms with van der Waals surface area (Å²) in [6.45, 7) is 0.966. The van der Waals surface area contributed by atoms with Crippen LogP contribution in [0.2, 0.25) is 0 Å². The number of amides is 1. The number of nitrogens with zero attached hydrogens (tertiary/aromatic N) is 2.